The van der Waals surface area contributed by atoms with Crippen LogP contribution in [0.5, 0.6) is 0 Å². The zero-order valence-corrected chi connectivity index (χ0v) is 19.3. The van der Waals surface area contributed by atoms with Crippen molar-refractivity contribution >= 4 is 21.8 Å². The molecule has 0 spiro atoms. The fourth-order valence-electron chi connectivity index (χ4n) is 4.22. The highest BCUT2D eigenvalue weighted by Crippen LogP contribution is 2.33. The Hall–Kier alpha value is -3.18. The lowest BCUT2D eigenvalue weighted by atomic mass is 9.89. The molecule has 1 aliphatic heterocycles. The minimum Gasteiger partial charge on any atom is -0.468 e. The summed E-state index contributed by atoms with van der Waals surface area (Å²) >= 11 is 0. The normalized spacial score (nSPS) is 19.2. The van der Waals surface area contributed by atoms with E-state index in [1.807, 2.05) is 12.1 Å². The maximum Gasteiger partial charge on any atom is 0.324 e. The molecule has 2 aromatic rings. The topological polar surface area (TPSA) is 111 Å². The summed E-state index contributed by atoms with van der Waals surface area (Å²) in [5, 5.41) is 7.42. The number of hydrogen-bond acceptors (Lipinski definition) is 7. The number of benzene rings is 2. The number of carbonyl (C=O) groups is 2. The summed E-state index contributed by atoms with van der Waals surface area (Å²) < 4.78 is 36.7. The summed E-state index contributed by atoms with van der Waals surface area (Å²) in [5.74, 6) is -2.08. The number of esters is 2. The molecule has 0 amide bonds. The molecule has 0 N–H and O–H groups in total. The molecule has 1 aliphatic rings. The van der Waals surface area contributed by atoms with Gasteiger partial charge in [-0.25, -0.2) is 8.42 Å². The van der Waals surface area contributed by atoms with Gasteiger partial charge in [0.15, 0.2) is 15.1 Å². The molecule has 2 aromatic carbocycles. The standard InChI is InChI=1S/C25H27NO6S/c1-31-25(28)24(33(29,30)22-9-3-2-4-10-22)20-15-21(32-23(27)16-20)8-6-5-7-18-11-13-19(17-26)14-12-18/h2-4,9-14,20-21,24H,5-8,15-16H2,1H3. The first-order valence-electron chi connectivity index (χ1n) is 10.9. The molecule has 174 valence electrons. The predicted octanol–water partition coefficient (Wildman–Crippen LogP) is 3.61. The second-order valence-electron chi connectivity index (χ2n) is 8.17. The van der Waals surface area contributed by atoms with Crippen LogP contribution in [-0.2, 0) is 35.3 Å². The monoisotopic (exact) mass is 469 g/mol. The molecule has 0 aromatic heterocycles. The van der Waals surface area contributed by atoms with Gasteiger partial charge in [0.2, 0.25) is 0 Å². The van der Waals surface area contributed by atoms with Gasteiger partial charge >= 0.3 is 11.9 Å². The van der Waals surface area contributed by atoms with Crippen molar-refractivity contribution in [3.8, 4) is 6.07 Å². The third kappa shape index (κ3) is 6.20. The zero-order chi connectivity index (χ0) is 23.8. The van der Waals surface area contributed by atoms with E-state index in [4.69, 9.17) is 14.7 Å². The molecular weight excluding hydrogens is 442 g/mol. The van der Waals surface area contributed by atoms with E-state index >= 15 is 0 Å². The molecule has 3 atom stereocenters. The summed E-state index contributed by atoms with van der Waals surface area (Å²) in [6, 6.07) is 17.2. The Labute approximate surface area is 194 Å². The van der Waals surface area contributed by atoms with Crippen LogP contribution in [0.4, 0.5) is 0 Å². The third-order valence-electron chi connectivity index (χ3n) is 5.88. The van der Waals surface area contributed by atoms with Gasteiger partial charge in [0, 0.05) is 5.92 Å². The van der Waals surface area contributed by atoms with E-state index < -0.39 is 39.0 Å². The van der Waals surface area contributed by atoms with E-state index in [-0.39, 0.29) is 17.7 Å². The SMILES string of the molecule is COC(=O)C(C1CC(=O)OC(CCCCc2ccc(C#N)cc2)C1)S(=O)(=O)c1ccccc1. The van der Waals surface area contributed by atoms with Crippen molar-refractivity contribution in [3.05, 3.63) is 65.7 Å². The molecule has 1 saturated heterocycles. The minimum atomic E-state index is -4.03. The fraction of sp³-hybridized carbons (Fsp3) is 0.400. The van der Waals surface area contributed by atoms with Gasteiger partial charge < -0.3 is 9.47 Å². The summed E-state index contributed by atoms with van der Waals surface area (Å²) in [6.07, 6.45) is 2.73. The fourth-order valence-corrected chi connectivity index (χ4v) is 6.11. The summed E-state index contributed by atoms with van der Waals surface area (Å²) in [7, 11) is -2.88. The molecule has 0 radical (unpaired) electrons. The molecule has 1 fully saturated rings. The van der Waals surface area contributed by atoms with Crippen LogP contribution in [0.1, 0.15) is 43.2 Å². The molecule has 8 heteroatoms. The lowest BCUT2D eigenvalue weighted by molar-refractivity contribution is -0.158. The second-order valence-corrected chi connectivity index (χ2v) is 10.2. The van der Waals surface area contributed by atoms with Crippen molar-refractivity contribution in [3.63, 3.8) is 0 Å². The average Bonchev–Trinajstić information content (AvgIpc) is 2.82. The molecular formula is C25H27NO6S. The van der Waals surface area contributed by atoms with Gasteiger partial charge in [0.05, 0.1) is 30.1 Å². The molecule has 0 aliphatic carbocycles. The maximum absolute atomic E-state index is 13.2. The Morgan fingerprint density at radius 3 is 2.48 bits per heavy atom. The van der Waals surface area contributed by atoms with Crippen LogP contribution in [0.25, 0.3) is 0 Å². The number of aryl methyl sites for hydroxylation is 1. The number of ether oxygens (including phenoxy) is 2. The largest absolute Gasteiger partial charge is 0.468 e. The Balaban J connectivity index is 1.65. The maximum atomic E-state index is 13.2. The number of sulfone groups is 1. The first-order valence-corrected chi connectivity index (χ1v) is 12.4. The summed E-state index contributed by atoms with van der Waals surface area (Å²) in [6.45, 7) is 0. The van der Waals surface area contributed by atoms with Crippen molar-refractivity contribution in [1.29, 1.82) is 5.26 Å². The number of carbonyl (C=O) groups excluding carboxylic acids is 2. The van der Waals surface area contributed by atoms with Crippen LogP contribution in [0.2, 0.25) is 0 Å². The van der Waals surface area contributed by atoms with E-state index in [1.54, 1.807) is 30.3 Å². The number of unbranched alkanes of at least 4 members (excludes halogenated alkanes) is 1. The van der Waals surface area contributed by atoms with Crippen molar-refractivity contribution in [2.45, 2.75) is 54.8 Å². The Bertz CT molecular complexity index is 1110. The van der Waals surface area contributed by atoms with Gasteiger partial charge in [-0.05, 0) is 61.9 Å². The molecule has 1 heterocycles. The van der Waals surface area contributed by atoms with Crippen LogP contribution in [0.3, 0.4) is 0 Å². The van der Waals surface area contributed by atoms with Gasteiger partial charge in [0.1, 0.15) is 6.10 Å². The second kappa shape index (κ2) is 11.1. The molecule has 7 nitrogen and oxygen atoms in total. The number of methoxy groups -OCH3 is 1. The van der Waals surface area contributed by atoms with Crippen molar-refractivity contribution in [1.82, 2.24) is 0 Å². The van der Waals surface area contributed by atoms with Crippen LogP contribution in [-0.4, -0.2) is 38.8 Å². The lowest BCUT2D eigenvalue weighted by Gasteiger charge is -2.32. The molecule has 3 rings (SSSR count). The van der Waals surface area contributed by atoms with Crippen LogP contribution in [0.15, 0.2) is 59.5 Å². The molecule has 0 bridgehead atoms. The highest BCUT2D eigenvalue weighted by Gasteiger charge is 2.45. The molecule has 33 heavy (non-hydrogen) atoms. The summed E-state index contributed by atoms with van der Waals surface area (Å²) in [5.41, 5.74) is 1.73. The van der Waals surface area contributed by atoms with E-state index in [9.17, 15) is 18.0 Å². The number of rotatable bonds is 9. The number of cyclic esters (lactones) is 1. The number of nitrogens with zero attached hydrogens (tertiary/aromatic N) is 1. The van der Waals surface area contributed by atoms with Gasteiger partial charge in [0.25, 0.3) is 0 Å². The van der Waals surface area contributed by atoms with Gasteiger partial charge in [-0.15, -0.1) is 0 Å². The number of nitriles is 1. The van der Waals surface area contributed by atoms with Crippen LogP contribution in [0, 0.1) is 17.2 Å². The smallest absolute Gasteiger partial charge is 0.324 e. The first-order chi connectivity index (χ1) is 15.8. The minimum absolute atomic E-state index is 0.0262. The Morgan fingerprint density at radius 2 is 1.85 bits per heavy atom. The van der Waals surface area contributed by atoms with E-state index in [1.165, 1.54) is 12.1 Å². The van der Waals surface area contributed by atoms with E-state index in [0.29, 0.717) is 12.0 Å². The Morgan fingerprint density at radius 1 is 1.15 bits per heavy atom. The van der Waals surface area contributed by atoms with Crippen molar-refractivity contribution < 1.29 is 27.5 Å². The van der Waals surface area contributed by atoms with Gasteiger partial charge in [-0.2, -0.15) is 5.26 Å². The van der Waals surface area contributed by atoms with Crippen LogP contribution < -0.4 is 0 Å². The Kier molecular flexibility index (Phi) is 8.23. The molecule has 3 unspecified atom stereocenters. The average molecular weight is 470 g/mol. The highest BCUT2D eigenvalue weighted by molar-refractivity contribution is 7.92. The van der Waals surface area contributed by atoms with Gasteiger partial charge in [-0.3, -0.25) is 9.59 Å². The predicted molar refractivity (Wildman–Crippen MR) is 121 cm³/mol. The third-order valence-corrected chi connectivity index (χ3v) is 8.06. The lowest BCUT2D eigenvalue weighted by Crippen LogP contribution is -2.44. The quantitative estimate of drug-likeness (QED) is 0.407. The van der Waals surface area contributed by atoms with Gasteiger partial charge in [-0.1, -0.05) is 30.3 Å². The zero-order valence-electron chi connectivity index (χ0n) is 18.5. The van der Waals surface area contributed by atoms with Crippen LogP contribution >= 0.6 is 0 Å². The van der Waals surface area contributed by atoms with E-state index in [2.05, 4.69) is 6.07 Å². The van der Waals surface area contributed by atoms with Crippen molar-refractivity contribution in [2.24, 2.45) is 5.92 Å². The first kappa shape index (κ1) is 24.5. The van der Waals surface area contributed by atoms with Crippen molar-refractivity contribution in [2.75, 3.05) is 7.11 Å². The number of hydrogen-bond donors (Lipinski definition) is 0. The highest BCUT2D eigenvalue weighted by atomic mass is 32.2. The molecule has 0 saturated carbocycles. The summed E-state index contributed by atoms with van der Waals surface area (Å²) in [4.78, 5) is 24.8. The van der Waals surface area contributed by atoms with E-state index in [0.717, 1.165) is 31.9 Å².